The highest BCUT2D eigenvalue weighted by molar-refractivity contribution is 9.10. The smallest absolute Gasteiger partial charge is 0.308 e. The maximum Gasteiger partial charge on any atom is 0.308 e. The van der Waals surface area contributed by atoms with E-state index >= 15 is 0 Å². The van der Waals surface area contributed by atoms with E-state index in [9.17, 15) is 14.7 Å². The Morgan fingerprint density at radius 1 is 1.52 bits per heavy atom. The van der Waals surface area contributed by atoms with Gasteiger partial charge in [-0.3, -0.25) is 9.59 Å². The minimum atomic E-state index is -0.829. The first kappa shape index (κ1) is 16.1. The second-order valence-corrected chi connectivity index (χ2v) is 6.75. The van der Waals surface area contributed by atoms with E-state index in [4.69, 9.17) is 0 Å². The molecule has 21 heavy (non-hydrogen) atoms. The molecule has 1 amide bonds. The van der Waals surface area contributed by atoms with E-state index in [1.165, 1.54) is 0 Å². The zero-order valence-electron chi connectivity index (χ0n) is 12.4. The van der Waals surface area contributed by atoms with Crippen molar-refractivity contribution < 1.29 is 14.7 Å². The minimum Gasteiger partial charge on any atom is -0.481 e. The van der Waals surface area contributed by atoms with E-state index in [-0.39, 0.29) is 5.91 Å². The molecule has 1 heterocycles. The molecule has 0 aliphatic heterocycles. The largest absolute Gasteiger partial charge is 0.481 e. The highest BCUT2D eigenvalue weighted by Crippen LogP contribution is 2.34. The van der Waals surface area contributed by atoms with Gasteiger partial charge in [-0.05, 0) is 48.7 Å². The Kier molecular flexibility index (Phi) is 4.76. The molecule has 2 rings (SSSR count). The third-order valence-corrected chi connectivity index (χ3v) is 4.78. The summed E-state index contributed by atoms with van der Waals surface area (Å²) in [5, 5.41) is 12.4. The molecule has 0 spiro atoms. The lowest BCUT2D eigenvalue weighted by molar-refractivity contribution is -0.145. The SMILES string of the molecule is CCn1cc(Br)cc1C(=O)NC1(C)CCCCC1C(=O)O. The average molecular weight is 357 g/mol. The van der Waals surface area contributed by atoms with Crippen molar-refractivity contribution in [3.8, 4) is 0 Å². The molecule has 2 unspecified atom stereocenters. The number of hydrogen-bond donors (Lipinski definition) is 2. The molecule has 0 saturated heterocycles. The third kappa shape index (κ3) is 3.31. The lowest BCUT2D eigenvalue weighted by atomic mass is 9.74. The number of aliphatic carboxylic acids is 1. The molecule has 116 valence electrons. The molecule has 1 aromatic rings. The van der Waals surface area contributed by atoms with Gasteiger partial charge in [0, 0.05) is 17.2 Å². The Labute approximate surface area is 132 Å². The molecule has 1 saturated carbocycles. The van der Waals surface area contributed by atoms with Gasteiger partial charge < -0.3 is 15.0 Å². The van der Waals surface area contributed by atoms with Crippen molar-refractivity contribution in [2.45, 2.75) is 51.6 Å². The van der Waals surface area contributed by atoms with Gasteiger partial charge in [0.2, 0.25) is 0 Å². The van der Waals surface area contributed by atoms with Crippen molar-refractivity contribution in [2.75, 3.05) is 0 Å². The fourth-order valence-electron chi connectivity index (χ4n) is 3.13. The van der Waals surface area contributed by atoms with E-state index in [1.54, 1.807) is 6.07 Å². The van der Waals surface area contributed by atoms with Crippen LogP contribution in [0, 0.1) is 5.92 Å². The summed E-state index contributed by atoms with van der Waals surface area (Å²) in [6, 6.07) is 1.76. The molecule has 6 heteroatoms. The number of rotatable bonds is 4. The molecule has 1 aliphatic carbocycles. The average Bonchev–Trinajstić information content (AvgIpc) is 2.79. The van der Waals surface area contributed by atoms with E-state index in [0.717, 1.165) is 17.3 Å². The lowest BCUT2D eigenvalue weighted by Gasteiger charge is -2.39. The van der Waals surface area contributed by atoms with Gasteiger partial charge in [-0.2, -0.15) is 0 Å². The van der Waals surface area contributed by atoms with Gasteiger partial charge in [0.15, 0.2) is 0 Å². The van der Waals surface area contributed by atoms with E-state index in [2.05, 4.69) is 21.2 Å². The van der Waals surface area contributed by atoms with Crippen molar-refractivity contribution in [3.05, 3.63) is 22.4 Å². The van der Waals surface area contributed by atoms with Crippen LogP contribution < -0.4 is 5.32 Å². The number of carboxylic acids is 1. The Balaban J connectivity index is 2.22. The topological polar surface area (TPSA) is 71.3 Å². The molecule has 1 aromatic heterocycles. The Hall–Kier alpha value is -1.30. The van der Waals surface area contributed by atoms with E-state index in [1.807, 2.05) is 24.6 Å². The fraction of sp³-hybridized carbons (Fsp3) is 0.600. The molecule has 0 bridgehead atoms. The van der Waals surface area contributed by atoms with Crippen molar-refractivity contribution >= 4 is 27.8 Å². The number of hydrogen-bond acceptors (Lipinski definition) is 2. The number of carboxylic acid groups (broad SMARTS) is 1. The van der Waals surface area contributed by atoms with Crippen molar-refractivity contribution in [2.24, 2.45) is 5.92 Å². The lowest BCUT2D eigenvalue weighted by Crippen LogP contribution is -2.55. The zero-order chi connectivity index (χ0) is 15.6. The van der Waals surface area contributed by atoms with Crippen LogP contribution in [0.5, 0.6) is 0 Å². The normalized spacial score (nSPS) is 25.6. The second kappa shape index (κ2) is 6.22. The van der Waals surface area contributed by atoms with Gasteiger partial charge in [0.25, 0.3) is 5.91 Å². The first-order valence-corrected chi connectivity index (χ1v) is 8.07. The molecule has 1 aliphatic rings. The van der Waals surface area contributed by atoms with Gasteiger partial charge in [-0.25, -0.2) is 0 Å². The molecule has 1 fully saturated rings. The van der Waals surface area contributed by atoms with E-state index in [0.29, 0.717) is 25.1 Å². The fourth-order valence-corrected chi connectivity index (χ4v) is 3.59. The third-order valence-electron chi connectivity index (χ3n) is 4.34. The van der Waals surface area contributed by atoms with Crippen molar-refractivity contribution in [1.82, 2.24) is 9.88 Å². The van der Waals surface area contributed by atoms with Gasteiger partial charge in [0.1, 0.15) is 5.69 Å². The minimum absolute atomic E-state index is 0.210. The molecule has 0 radical (unpaired) electrons. The van der Waals surface area contributed by atoms with Crippen molar-refractivity contribution in [3.63, 3.8) is 0 Å². The number of halogens is 1. The monoisotopic (exact) mass is 356 g/mol. The number of aromatic nitrogens is 1. The number of nitrogens with one attached hydrogen (secondary N) is 1. The summed E-state index contributed by atoms with van der Waals surface area (Å²) in [6.07, 6.45) is 5.01. The quantitative estimate of drug-likeness (QED) is 0.870. The molecule has 5 nitrogen and oxygen atoms in total. The Morgan fingerprint density at radius 3 is 2.86 bits per heavy atom. The summed E-state index contributed by atoms with van der Waals surface area (Å²) in [5.74, 6) is -1.56. The Morgan fingerprint density at radius 2 is 2.24 bits per heavy atom. The van der Waals surface area contributed by atoms with Crippen LogP contribution in [-0.2, 0) is 11.3 Å². The van der Waals surface area contributed by atoms with Gasteiger partial charge in [0.05, 0.1) is 11.5 Å². The summed E-state index contributed by atoms with van der Waals surface area (Å²) in [6.45, 7) is 4.50. The van der Waals surface area contributed by atoms with Crippen LogP contribution in [-0.4, -0.2) is 27.1 Å². The molecule has 2 atom stereocenters. The maximum absolute atomic E-state index is 12.5. The van der Waals surface area contributed by atoms with Crippen LogP contribution in [0.3, 0.4) is 0 Å². The molecule has 2 N–H and O–H groups in total. The highest BCUT2D eigenvalue weighted by Gasteiger charge is 2.42. The number of amides is 1. The summed E-state index contributed by atoms with van der Waals surface area (Å²) in [5.41, 5.74) is -0.128. The van der Waals surface area contributed by atoms with Crippen molar-refractivity contribution in [1.29, 1.82) is 0 Å². The van der Waals surface area contributed by atoms with E-state index < -0.39 is 17.4 Å². The van der Waals surface area contributed by atoms with Gasteiger partial charge in [-0.1, -0.05) is 12.8 Å². The number of nitrogens with zero attached hydrogens (tertiary/aromatic N) is 1. The van der Waals surface area contributed by atoms with Gasteiger partial charge in [-0.15, -0.1) is 0 Å². The number of carbonyl (C=O) groups is 2. The van der Waals surface area contributed by atoms with Crippen LogP contribution in [0.4, 0.5) is 0 Å². The predicted molar refractivity (Wildman–Crippen MR) is 83.3 cm³/mol. The predicted octanol–water partition coefficient (Wildman–Crippen LogP) is 3.03. The second-order valence-electron chi connectivity index (χ2n) is 5.84. The summed E-state index contributed by atoms with van der Waals surface area (Å²) in [4.78, 5) is 24.0. The first-order valence-electron chi connectivity index (χ1n) is 7.28. The number of carbonyl (C=O) groups excluding carboxylic acids is 1. The first-order chi connectivity index (χ1) is 9.87. The van der Waals surface area contributed by atoms with Gasteiger partial charge >= 0.3 is 5.97 Å². The molecule has 0 aromatic carbocycles. The maximum atomic E-state index is 12.5. The molecular weight excluding hydrogens is 336 g/mol. The van der Waals surface area contributed by atoms with Crippen LogP contribution in [0.2, 0.25) is 0 Å². The van der Waals surface area contributed by atoms with Crippen LogP contribution in [0.25, 0.3) is 0 Å². The summed E-state index contributed by atoms with van der Waals surface area (Å²) < 4.78 is 2.69. The molecular formula is C15H21BrN2O3. The number of aryl methyl sites for hydroxylation is 1. The summed E-state index contributed by atoms with van der Waals surface area (Å²) >= 11 is 3.37. The standard InChI is InChI=1S/C15H21BrN2O3/c1-3-18-9-10(16)8-12(18)13(19)17-15(2)7-5-4-6-11(15)14(20)21/h8-9,11H,3-7H2,1-2H3,(H,17,19)(H,20,21). The van der Waals surface area contributed by atoms with Crippen LogP contribution in [0.15, 0.2) is 16.7 Å². The zero-order valence-corrected chi connectivity index (χ0v) is 13.9. The Bertz CT molecular complexity index is 555. The highest BCUT2D eigenvalue weighted by atomic mass is 79.9. The van der Waals surface area contributed by atoms with Crippen LogP contribution in [0.1, 0.15) is 50.0 Å². The van der Waals surface area contributed by atoms with Crippen LogP contribution >= 0.6 is 15.9 Å². The summed E-state index contributed by atoms with van der Waals surface area (Å²) in [7, 11) is 0.